The lowest BCUT2D eigenvalue weighted by molar-refractivity contribution is 0.211. The quantitative estimate of drug-likeness (QED) is 0.805. The van der Waals surface area contributed by atoms with E-state index in [1.807, 2.05) is 18.2 Å². The Balaban J connectivity index is 2.32. The predicted molar refractivity (Wildman–Crippen MR) is 65.5 cm³/mol. The molecule has 0 amide bonds. The minimum absolute atomic E-state index is 0.120. The van der Waals surface area contributed by atoms with Crippen LogP contribution in [-0.2, 0) is 0 Å². The summed E-state index contributed by atoms with van der Waals surface area (Å²) in [6, 6.07) is 5.73. The van der Waals surface area contributed by atoms with Crippen molar-refractivity contribution in [3.05, 3.63) is 23.8 Å². The van der Waals surface area contributed by atoms with Crippen LogP contribution in [0.1, 0.15) is 17.9 Å². The minimum atomic E-state index is -0.167. The molecule has 2 atom stereocenters. The van der Waals surface area contributed by atoms with Crippen molar-refractivity contribution >= 4 is 0 Å². The normalized spacial score (nSPS) is 26.7. The molecule has 0 aliphatic heterocycles. The lowest BCUT2D eigenvalue weighted by atomic mass is 9.99. The van der Waals surface area contributed by atoms with Gasteiger partial charge in [-0.15, -0.1) is 0 Å². The van der Waals surface area contributed by atoms with Crippen molar-refractivity contribution in [2.24, 2.45) is 11.1 Å². The van der Waals surface area contributed by atoms with Crippen LogP contribution in [0.2, 0.25) is 0 Å². The summed E-state index contributed by atoms with van der Waals surface area (Å²) in [7, 11) is 3.29. The molecule has 0 bridgehead atoms. The van der Waals surface area contributed by atoms with Gasteiger partial charge in [0.25, 0.3) is 0 Å². The van der Waals surface area contributed by atoms with E-state index in [4.69, 9.17) is 15.2 Å². The SMILES string of the molecule is COc1ccc(OC)c(C2CC2(CN)CO)c1. The molecule has 1 saturated carbocycles. The highest BCUT2D eigenvalue weighted by Gasteiger charge is 2.54. The van der Waals surface area contributed by atoms with Gasteiger partial charge < -0.3 is 20.3 Å². The van der Waals surface area contributed by atoms with Crippen molar-refractivity contribution < 1.29 is 14.6 Å². The molecule has 0 heterocycles. The first-order valence-electron chi connectivity index (χ1n) is 5.73. The third-order valence-corrected chi connectivity index (χ3v) is 3.72. The Labute approximate surface area is 101 Å². The lowest BCUT2D eigenvalue weighted by Crippen LogP contribution is -2.21. The van der Waals surface area contributed by atoms with Gasteiger partial charge in [-0.1, -0.05) is 0 Å². The number of aliphatic hydroxyl groups is 1. The Hall–Kier alpha value is -1.26. The molecule has 94 valence electrons. The summed E-state index contributed by atoms with van der Waals surface area (Å²) in [6.45, 7) is 0.614. The Morgan fingerprint density at radius 3 is 2.65 bits per heavy atom. The van der Waals surface area contributed by atoms with Crippen LogP contribution in [0.3, 0.4) is 0 Å². The fourth-order valence-corrected chi connectivity index (χ4v) is 2.36. The number of methoxy groups -OCH3 is 2. The standard InChI is InChI=1S/C13H19NO3/c1-16-9-3-4-12(17-2)10(5-9)11-6-13(11,7-14)8-15/h3-5,11,15H,6-8,14H2,1-2H3. The van der Waals surface area contributed by atoms with E-state index in [0.717, 1.165) is 23.5 Å². The van der Waals surface area contributed by atoms with Gasteiger partial charge >= 0.3 is 0 Å². The van der Waals surface area contributed by atoms with Gasteiger partial charge in [0.05, 0.1) is 20.8 Å². The van der Waals surface area contributed by atoms with Crippen LogP contribution >= 0.6 is 0 Å². The van der Waals surface area contributed by atoms with Crippen LogP contribution in [0.15, 0.2) is 18.2 Å². The van der Waals surface area contributed by atoms with Crippen LogP contribution in [0.5, 0.6) is 11.5 Å². The third-order valence-electron chi connectivity index (χ3n) is 3.72. The van der Waals surface area contributed by atoms with Crippen LogP contribution in [0, 0.1) is 5.41 Å². The van der Waals surface area contributed by atoms with Crippen LogP contribution in [0.25, 0.3) is 0 Å². The molecule has 0 spiro atoms. The maximum Gasteiger partial charge on any atom is 0.122 e. The van der Waals surface area contributed by atoms with Gasteiger partial charge in [-0.2, -0.15) is 0 Å². The van der Waals surface area contributed by atoms with Crippen molar-refractivity contribution in [2.75, 3.05) is 27.4 Å². The zero-order valence-electron chi connectivity index (χ0n) is 10.3. The van der Waals surface area contributed by atoms with Gasteiger partial charge in [0.2, 0.25) is 0 Å². The number of benzene rings is 1. The van der Waals surface area contributed by atoms with Gasteiger partial charge in [0, 0.05) is 17.5 Å². The second kappa shape index (κ2) is 4.55. The summed E-state index contributed by atoms with van der Waals surface area (Å²) >= 11 is 0. The molecule has 1 aliphatic rings. The van der Waals surface area contributed by atoms with E-state index in [-0.39, 0.29) is 17.9 Å². The lowest BCUT2D eigenvalue weighted by Gasteiger charge is -2.14. The predicted octanol–water partition coefficient (Wildman–Crippen LogP) is 1.13. The second-order valence-corrected chi connectivity index (χ2v) is 4.59. The average Bonchev–Trinajstić information content (AvgIpc) is 3.13. The van der Waals surface area contributed by atoms with Crippen molar-refractivity contribution in [3.8, 4) is 11.5 Å². The zero-order valence-corrected chi connectivity index (χ0v) is 10.3. The molecule has 4 heteroatoms. The molecule has 0 radical (unpaired) electrons. The summed E-state index contributed by atoms with van der Waals surface area (Å²) < 4.78 is 10.6. The fraction of sp³-hybridized carbons (Fsp3) is 0.538. The van der Waals surface area contributed by atoms with Gasteiger partial charge in [-0.3, -0.25) is 0 Å². The monoisotopic (exact) mass is 237 g/mol. The largest absolute Gasteiger partial charge is 0.497 e. The number of nitrogens with two attached hydrogens (primary N) is 1. The van der Waals surface area contributed by atoms with E-state index in [1.165, 1.54) is 0 Å². The Kier molecular flexibility index (Phi) is 3.26. The molecule has 1 aliphatic carbocycles. The number of hydrogen-bond acceptors (Lipinski definition) is 4. The molecule has 0 saturated heterocycles. The van der Waals surface area contributed by atoms with E-state index in [0.29, 0.717) is 6.54 Å². The first-order valence-corrected chi connectivity index (χ1v) is 5.73. The smallest absolute Gasteiger partial charge is 0.122 e. The minimum Gasteiger partial charge on any atom is -0.497 e. The van der Waals surface area contributed by atoms with E-state index >= 15 is 0 Å². The maximum absolute atomic E-state index is 9.43. The summed E-state index contributed by atoms with van der Waals surface area (Å²) in [4.78, 5) is 0. The van der Waals surface area contributed by atoms with Gasteiger partial charge in [0.15, 0.2) is 0 Å². The molecule has 17 heavy (non-hydrogen) atoms. The Bertz CT molecular complexity index is 402. The van der Waals surface area contributed by atoms with Crippen molar-refractivity contribution in [1.29, 1.82) is 0 Å². The molecule has 1 aromatic carbocycles. The summed E-state index contributed by atoms with van der Waals surface area (Å²) in [5, 5.41) is 9.43. The maximum atomic E-state index is 9.43. The molecule has 4 nitrogen and oxygen atoms in total. The van der Waals surface area contributed by atoms with E-state index < -0.39 is 0 Å². The number of aliphatic hydroxyl groups excluding tert-OH is 1. The van der Waals surface area contributed by atoms with E-state index in [9.17, 15) is 5.11 Å². The van der Waals surface area contributed by atoms with Gasteiger partial charge in [-0.25, -0.2) is 0 Å². The van der Waals surface area contributed by atoms with E-state index in [2.05, 4.69) is 0 Å². The first kappa shape index (κ1) is 12.2. The molecule has 2 unspecified atom stereocenters. The highest BCUT2D eigenvalue weighted by Crippen LogP contribution is 2.60. The molecule has 1 aromatic rings. The highest BCUT2D eigenvalue weighted by molar-refractivity contribution is 5.46. The van der Waals surface area contributed by atoms with Crippen molar-refractivity contribution in [3.63, 3.8) is 0 Å². The molecule has 2 rings (SSSR count). The molecule has 3 N–H and O–H groups in total. The van der Waals surface area contributed by atoms with Gasteiger partial charge in [-0.05, 0) is 30.5 Å². The summed E-state index contributed by atoms with van der Waals surface area (Å²) in [5.74, 6) is 1.90. The molecular weight excluding hydrogens is 218 g/mol. The van der Waals surface area contributed by atoms with Crippen molar-refractivity contribution in [2.45, 2.75) is 12.3 Å². The Morgan fingerprint density at radius 1 is 1.41 bits per heavy atom. The van der Waals surface area contributed by atoms with Crippen molar-refractivity contribution in [1.82, 2.24) is 0 Å². The number of ether oxygens (including phenoxy) is 2. The number of hydrogen-bond donors (Lipinski definition) is 2. The van der Waals surface area contributed by atoms with Crippen LogP contribution < -0.4 is 15.2 Å². The molecular formula is C13H19NO3. The highest BCUT2D eigenvalue weighted by atomic mass is 16.5. The third kappa shape index (κ3) is 1.98. The number of rotatable bonds is 5. The van der Waals surface area contributed by atoms with E-state index in [1.54, 1.807) is 14.2 Å². The molecule has 0 aromatic heterocycles. The first-order chi connectivity index (χ1) is 8.20. The second-order valence-electron chi connectivity index (χ2n) is 4.59. The Morgan fingerprint density at radius 2 is 2.18 bits per heavy atom. The topological polar surface area (TPSA) is 64.7 Å². The summed E-state index contributed by atoms with van der Waals surface area (Å²) in [6.07, 6.45) is 0.906. The zero-order chi connectivity index (χ0) is 12.5. The molecule has 1 fully saturated rings. The summed E-state index contributed by atoms with van der Waals surface area (Å²) in [5.41, 5.74) is 6.65. The fourth-order valence-electron chi connectivity index (χ4n) is 2.36. The van der Waals surface area contributed by atoms with Crippen LogP contribution in [0.4, 0.5) is 0 Å². The van der Waals surface area contributed by atoms with Gasteiger partial charge in [0.1, 0.15) is 11.5 Å². The average molecular weight is 237 g/mol. The van der Waals surface area contributed by atoms with Crippen LogP contribution in [-0.4, -0.2) is 32.5 Å².